The van der Waals surface area contributed by atoms with Crippen LogP contribution in [0.4, 0.5) is 0 Å². The number of aromatic nitrogens is 3. The summed E-state index contributed by atoms with van der Waals surface area (Å²) in [6, 6.07) is 9.63. The number of amides is 1. The number of pyridine rings is 1. The molecule has 0 spiro atoms. The van der Waals surface area contributed by atoms with Gasteiger partial charge in [-0.25, -0.2) is 14.5 Å². The van der Waals surface area contributed by atoms with Gasteiger partial charge in [-0.15, -0.1) is 11.3 Å². The van der Waals surface area contributed by atoms with Crippen molar-refractivity contribution in [2.24, 2.45) is 0 Å². The standard InChI is InChI=1S/C21H22N4O3S/c1-2-16-15(13-23-25(16)19-9-3-4-10-22-19)21(27)28-14-20(26)24-11-5-7-17(24)18-8-6-12-29-18/h3-4,6,8-10,12-13,17H,2,5,7,11,14H2,1H3. The van der Waals surface area contributed by atoms with Gasteiger partial charge < -0.3 is 9.64 Å². The van der Waals surface area contributed by atoms with Crippen molar-refractivity contribution >= 4 is 23.2 Å². The van der Waals surface area contributed by atoms with Gasteiger partial charge >= 0.3 is 5.97 Å². The van der Waals surface area contributed by atoms with Crippen LogP contribution >= 0.6 is 11.3 Å². The first kappa shape index (κ1) is 19.3. The molecule has 0 saturated carbocycles. The Balaban J connectivity index is 1.44. The van der Waals surface area contributed by atoms with E-state index in [2.05, 4.69) is 10.1 Å². The highest BCUT2D eigenvalue weighted by Crippen LogP contribution is 2.34. The zero-order chi connectivity index (χ0) is 20.2. The number of hydrogen-bond donors (Lipinski definition) is 0. The zero-order valence-corrected chi connectivity index (χ0v) is 17.0. The third-order valence-corrected chi connectivity index (χ3v) is 6.03. The minimum absolute atomic E-state index is 0.0827. The maximum absolute atomic E-state index is 12.7. The van der Waals surface area contributed by atoms with Gasteiger partial charge in [0.25, 0.3) is 5.91 Å². The van der Waals surface area contributed by atoms with Crippen LogP contribution in [0.2, 0.25) is 0 Å². The lowest BCUT2D eigenvalue weighted by atomic mass is 10.2. The molecule has 1 amide bonds. The quantitative estimate of drug-likeness (QED) is 0.582. The third-order valence-electron chi connectivity index (χ3n) is 5.06. The smallest absolute Gasteiger partial charge is 0.342 e. The summed E-state index contributed by atoms with van der Waals surface area (Å²) in [6.07, 6.45) is 5.63. The van der Waals surface area contributed by atoms with Gasteiger partial charge in [0.2, 0.25) is 0 Å². The second-order valence-corrected chi connectivity index (χ2v) is 7.77. The summed E-state index contributed by atoms with van der Waals surface area (Å²) >= 11 is 1.65. The monoisotopic (exact) mass is 410 g/mol. The molecule has 8 heteroatoms. The Labute approximate surface area is 172 Å². The van der Waals surface area contributed by atoms with Crippen LogP contribution in [0.1, 0.15) is 46.7 Å². The lowest BCUT2D eigenvalue weighted by molar-refractivity contribution is -0.135. The van der Waals surface area contributed by atoms with E-state index in [1.165, 1.54) is 11.1 Å². The van der Waals surface area contributed by atoms with Gasteiger partial charge in [0.1, 0.15) is 5.56 Å². The SMILES string of the molecule is CCc1c(C(=O)OCC(=O)N2CCCC2c2cccs2)cnn1-c1ccccn1. The molecule has 1 fully saturated rings. The molecular weight excluding hydrogens is 388 g/mol. The molecule has 1 aliphatic heterocycles. The molecule has 150 valence electrons. The first-order valence-corrected chi connectivity index (χ1v) is 10.5. The van der Waals surface area contributed by atoms with Crippen molar-refractivity contribution in [2.75, 3.05) is 13.2 Å². The van der Waals surface area contributed by atoms with Gasteiger partial charge in [-0.3, -0.25) is 4.79 Å². The van der Waals surface area contributed by atoms with E-state index in [9.17, 15) is 9.59 Å². The van der Waals surface area contributed by atoms with E-state index in [4.69, 9.17) is 4.74 Å². The van der Waals surface area contributed by atoms with Crippen molar-refractivity contribution in [2.45, 2.75) is 32.2 Å². The zero-order valence-electron chi connectivity index (χ0n) is 16.2. The van der Waals surface area contributed by atoms with Crippen LogP contribution < -0.4 is 0 Å². The van der Waals surface area contributed by atoms with E-state index in [-0.39, 0.29) is 18.6 Å². The number of carbonyl (C=O) groups excluding carboxylic acids is 2. The molecule has 0 aromatic carbocycles. The van der Waals surface area contributed by atoms with Gasteiger partial charge in [0.15, 0.2) is 12.4 Å². The van der Waals surface area contributed by atoms with Crippen LogP contribution in [0.3, 0.4) is 0 Å². The second-order valence-electron chi connectivity index (χ2n) is 6.79. The lowest BCUT2D eigenvalue weighted by Gasteiger charge is -2.23. The predicted octanol–water partition coefficient (Wildman–Crippen LogP) is 3.41. The summed E-state index contributed by atoms with van der Waals surface area (Å²) in [5.74, 6) is -0.0657. The van der Waals surface area contributed by atoms with E-state index in [0.29, 0.717) is 30.0 Å². The summed E-state index contributed by atoms with van der Waals surface area (Å²) < 4.78 is 6.99. The fourth-order valence-electron chi connectivity index (χ4n) is 3.69. The Morgan fingerprint density at radius 3 is 2.90 bits per heavy atom. The van der Waals surface area contributed by atoms with Crippen LogP contribution in [0.5, 0.6) is 0 Å². The van der Waals surface area contributed by atoms with E-state index in [1.54, 1.807) is 22.2 Å². The normalized spacial score (nSPS) is 16.2. The number of likely N-dealkylation sites (tertiary alicyclic amines) is 1. The van der Waals surface area contributed by atoms with E-state index >= 15 is 0 Å². The van der Waals surface area contributed by atoms with Crippen molar-refractivity contribution in [3.05, 3.63) is 64.2 Å². The molecule has 0 bridgehead atoms. The Hall–Kier alpha value is -3.00. The molecule has 1 aliphatic rings. The molecule has 0 N–H and O–H groups in total. The lowest BCUT2D eigenvalue weighted by Crippen LogP contribution is -2.34. The molecule has 4 rings (SSSR count). The minimum atomic E-state index is -0.538. The average Bonchev–Trinajstić information content (AvgIpc) is 3.51. The number of hydrogen-bond acceptors (Lipinski definition) is 6. The summed E-state index contributed by atoms with van der Waals surface area (Å²) in [7, 11) is 0. The molecule has 7 nitrogen and oxygen atoms in total. The summed E-state index contributed by atoms with van der Waals surface area (Å²) in [4.78, 5) is 32.6. The molecule has 0 radical (unpaired) electrons. The van der Waals surface area contributed by atoms with Crippen molar-refractivity contribution in [1.29, 1.82) is 0 Å². The molecule has 0 aliphatic carbocycles. The van der Waals surface area contributed by atoms with Gasteiger partial charge in [-0.05, 0) is 42.8 Å². The maximum Gasteiger partial charge on any atom is 0.342 e. The molecule has 1 saturated heterocycles. The van der Waals surface area contributed by atoms with E-state index < -0.39 is 5.97 Å². The van der Waals surface area contributed by atoms with Crippen molar-refractivity contribution in [3.63, 3.8) is 0 Å². The molecule has 3 aromatic heterocycles. The first-order valence-electron chi connectivity index (χ1n) is 9.67. The van der Waals surface area contributed by atoms with Gasteiger partial charge in [-0.2, -0.15) is 5.10 Å². The average molecular weight is 410 g/mol. The fourth-order valence-corrected chi connectivity index (χ4v) is 4.56. The van der Waals surface area contributed by atoms with Gasteiger partial charge in [-0.1, -0.05) is 19.1 Å². The summed E-state index contributed by atoms with van der Waals surface area (Å²) in [6.45, 7) is 2.36. The molecule has 29 heavy (non-hydrogen) atoms. The molecule has 4 heterocycles. The van der Waals surface area contributed by atoms with Crippen LogP contribution in [0, 0.1) is 0 Å². The Kier molecular flexibility index (Phi) is 5.71. The minimum Gasteiger partial charge on any atom is -0.452 e. The summed E-state index contributed by atoms with van der Waals surface area (Å²) in [5, 5.41) is 6.30. The number of carbonyl (C=O) groups is 2. The highest BCUT2D eigenvalue weighted by molar-refractivity contribution is 7.10. The van der Waals surface area contributed by atoms with E-state index in [1.807, 2.05) is 47.5 Å². The van der Waals surface area contributed by atoms with Crippen molar-refractivity contribution in [3.8, 4) is 5.82 Å². The van der Waals surface area contributed by atoms with Crippen molar-refractivity contribution < 1.29 is 14.3 Å². The Bertz CT molecular complexity index is 985. The number of rotatable bonds is 6. The maximum atomic E-state index is 12.7. The van der Waals surface area contributed by atoms with Crippen LogP contribution in [-0.4, -0.2) is 44.7 Å². The number of nitrogens with zero attached hydrogens (tertiary/aromatic N) is 4. The van der Waals surface area contributed by atoms with Gasteiger partial charge in [0.05, 0.1) is 17.9 Å². The highest BCUT2D eigenvalue weighted by atomic mass is 32.1. The summed E-state index contributed by atoms with van der Waals surface area (Å²) in [5.41, 5.74) is 1.07. The molecular formula is C21H22N4O3S. The Morgan fingerprint density at radius 2 is 2.17 bits per heavy atom. The van der Waals surface area contributed by atoms with Crippen molar-refractivity contribution in [1.82, 2.24) is 19.7 Å². The first-order chi connectivity index (χ1) is 14.2. The number of ether oxygens (including phenoxy) is 1. The largest absolute Gasteiger partial charge is 0.452 e. The predicted molar refractivity (Wildman–Crippen MR) is 109 cm³/mol. The van der Waals surface area contributed by atoms with E-state index in [0.717, 1.165) is 12.8 Å². The second kappa shape index (κ2) is 8.57. The van der Waals surface area contributed by atoms with Crippen LogP contribution in [0.25, 0.3) is 5.82 Å². The van der Waals surface area contributed by atoms with Crippen LogP contribution in [0.15, 0.2) is 48.1 Å². The molecule has 1 unspecified atom stereocenters. The number of thiophene rings is 1. The topological polar surface area (TPSA) is 77.3 Å². The molecule has 1 atom stereocenters. The Morgan fingerprint density at radius 1 is 1.28 bits per heavy atom. The third kappa shape index (κ3) is 3.93. The fraction of sp³-hybridized carbons (Fsp3) is 0.333. The van der Waals surface area contributed by atoms with Crippen LogP contribution in [-0.2, 0) is 16.0 Å². The highest BCUT2D eigenvalue weighted by Gasteiger charge is 2.31. The van der Waals surface area contributed by atoms with Gasteiger partial charge in [0, 0.05) is 17.6 Å². The molecule has 3 aromatic rings. The number of esters is 1.